The molecule has 3 aromatic carbocycles. The molecular weight excluding hydrogens is 454 g/mol. The summed E-state index contributed by atoms with van der Waals surface area (Å²) in [5, 5.41) is 0.986. The van der Waals surface area contributed by atoms with Gasteiger partial charge in [0.1, 0.15) is 23.0 Å². The van der Waals surface area contributed by atoms with Gasteiger partial charge < -0.3 is 0 Å². The van der Waals surface area contributed by atoms with Gasteiger partial charge in [0.2, 0.25) is 0 Å². The van der Waals surface area contributed by atoms with Crippen LogP contribution in [0.2, 0.25) is 0 Å². The Bertz CT molecular complexity index is 1310. The van der Waals surface area contributed by atoms with Crippen molar-refractivity contribution >= 4 is 10.8 Å². The zero-order valence-electron chi connectivity index (χ0n) is 18.2. The van der Waals surface area contributed by atoms with Gasteiger partial charge in [-0.05, 0) is 59.5 Å². The summed E-state index contributed by atoms with van der Waals surface area (Å²) < 4.78 is 80.9. The standard InChI is InChI=1S/C26H20F6N2/c1-2-3-16-13-33-25(34-14-16)19-8-9-20-18(12-19)7-6-17(24(20)29)5-4-15-10-21(27)23(22(28)11-15)26(30,31)32/h6-14H,2-5H2,1H3. The average molecular weight is 474 g/mol. The number of halogens is 6. The van der Waals surface area contributed by atoms with Crippen molar-refractivity contribution < 1.29 is 26.3 Å². The summed E-state index contributed by atoms with van der Waals surface area (Å²) in [4.78, 5) is 8.75. The smallest absolute Gasteiger partial charge is 0.236 e. The molecule has 0 atom stereocenters. The van der Waals surface area contributed by atoms with E-state index in [1.165, 1.54) is 0 Å². The minimum atomic E-state index is -5.13. The second-order valence-electron chi connectivity index (χ2n) is 8.07. The first-order valence-electron chi connectivity index (χ1n) is 10.7. The molecule has 1 aromatic heterocycles. The molecule has 176 valence electrons. The monoisotopic (exact) mass is 474 g/mol. The fourth-order valence-electron chi connectivity index (χ4n) is 3.91. The molecule has 34 heavy (non-hydrogen) atoms. The zero-order valence-corrected chi connectivity index (χ0v) is 18.2. The number of hydrogen-bond acceptors (Lipinski definition) is 2. The predicted octanol–water partition coefficient (Wildman–Crippen LogP) is 7.47. The molecule has 0 N–H and O–H groups in total. The fourth-order valence-corrected chi connectivity index (χ4v) is 3.91. The molecule has 0 aliphatic rings. The van der Waals surface area contributed by atoms with Gasteiger partial charge in [0.05, 0.1) is 0 Å². The lowest BCUT2D eigenvalue weighted by Gasteiger charge is -2.12. The Hall–Kier alpha value is -3.42. The van der Waals surface area contributed by atoms with Crippen molar-refractivity contribution in [1.29, 1.82) is 0 Å². The number of hydrogen-bond donors (Lipinski definition) is 0. The molecule has 8 heteroatoms. The van der Waals surface area contributed by atoms with Crippen molar-refractivity contribution in [1.82, 2.24) is 9.97 Å². The SMILES string of the molecule is CCCc1cnc(-c2ccc3c(F)c(CCc4cc(F)c(C(F)(F)F)c(F)c4)ccc3c2)nc1. The van der Waals surface area contributed by atoms with Gasteiger partial charge in [-0.3, -0.25) is 0 Å². The van der Waals surface area contributed by atoms with Crippen LogP contribution in [0.3, 0.4) is 0 Å². The van der Waals surface area contributed by atoms with Crippen LogP contribution in [0.4, 0.5) is 26.3 Å². The molecule has 4 aromatic rings. The maximum Gasteiger partial charge on any atom is 0.422 e. The van der Waals surface area contributed by atoms with E-state index in [0.717, 1.165) is 24.0 Å². The van der Waals surface area contributed by atoms with E-state index in [0.29, 0.717) is 34.3 Å². The van der Waals surface area contributed by atoms with E-state index in [-0.39, 0.29) is 18.4 Å². The van der Waals surface area contributed by atoms with Crippen molar-refractivity contribution in [2.45, 2.75) is 38.8 Å². The maximum atomic E-state index is 15.1. The molecule has 0 unspecified atom stereocenters. The van der Waals surface area contributed by atoms with Gasteiger partial charge in [-0.2, -0.15) is 13.2 Å². The third-order valence-electron chi connectivity index (χ3n) is 5.60. The van der Waals surface area contributed by atoms with E-state index in [1.807, 2.05) is 0 Å². The van der Waals surface area contributed by atoms with Crippen molar-refractivity contribution in [2.24, 2.45) is 0 Å². The third-order valence-corrected chi connectivity index (χ3v) is 5.60. The number of alkyl halides is 3. The molecule has 0 saturated heterocycles. The van der Waals surface area contributed by atoms with Crippen LogP contribution in [-0.2, 0) is 25.4 Å². The van der Waals surface area contributed by atoms with Crippen LogP contribution in [0, 0.1) is 17.5 Å². The van der Waals surface area contributed by atoms with E-state index in [9.17, 15) is 22.0 Å². The van der Waals surface area contributed by atoms with Crippen molar-refractivity contribution in [3.05, 3.63) is 94.6 Å². The van der Waals surface area contributed by atoms with E-state index in [2.05, 4.69) is 16.9 Å². The molecule has 0 radical (unpaired) electrons. The Balaban J connectivity index is 1.55. The Morgan fingerprint density at radius 2 is 1.44 bits per heavy atom. The van der Waals surface area contributed by atoms with Crippen LogP contribution < -0.4 is 0 Å². The highest BCUT2D eigenvalue weighted by atomic mass is 19.4. The van der Waals surface area contributed by atoms with E-state index in [4.69, 9.17) is 0 Å². The van der Waals surface area contributed by atoms with Gasteiger partial charge in [-0.25, -0.2) is 23.1 Å². The summed E-state index contributed by atoms with van der Waals surface area (Å²) in [6.45, 7) is 2.07. The number of benzene rings is 3. The quantitative estimate of drug-likeness (QED) is 0.271. The lowest BCUT2D eigenvalue weighted by molar-refractivity contribution is -0.142. The molecule has 0 amide bonds. The van der Waals surface area contributed by atoms with Gasteiger partial charge in [0.15, 0.2) is 5.82 Å². The summed E-state index contributed by atoms with van der Waals surface area (Å²) >= 11 is 0. The normalized spacial score (nSPS) is 11.9. The highest BCUT2D eigenvalue weighted by Gasteiger charge is 2.37. The first-order chi connectivity index (χ1) is 16.2. The lowest BCUT2D eigenvalue weighted by atomic mass is 9.98. The molecule has 4 rings (SSSR count). The van der Waals surface area contributed by atoms with Crippen LogP contribution in [0.15, 0.2) is 54.9 Å². The Labute approximate surface area is 192 Å². The second-order valence-corrected chi connectivity index (χ2v) is 8.07. The number of fused-ring (bicyclic) bond motifs is 1. The molecule has 0 saturated carbocycles. The third kappa shape index (κ3) is 4.90. The topological polar surface area (TPSA) is 25.8 Å². The molecule has 1 heterocycles. The molecule has 0 spiro atoms. The van der Waals surface area contributed by atoms with Crippen LogP contribution in [-0.4, -0.2) is 9.97 Å². The number of rotatable bonds is 6. The predicted molar refractivity (Wildman–Crippen MR) is 118 cm³/mol. The highest BCUT2D eigenvalue weighted by Crippen LogP contribution is 2.34. The van der Waals surface area contributed by atoms with Crippen LogP contribution in [0.25, 0.3) is 22.2 Å². The second kappa shape index (κ2) is 9.44. The summed E-state index contributed by atoms with van der Waals surface area (Å²) in [6.07, 6.45) is 0.332. The Morgan fingerprint density at radius 3 is 2.06 bits per heavy atom. The molecule has 0 aliphatic heterocycles. The first-order valence-corrected chi connectivity index (χ1v) is 10.7. The first kappa shape index (κ1) is 23.7. The lowest BCUT2D eigenvalue weighted by Crippen LogP contribution is -2.12. The molecule has 0 bridgehead atoms. The van der Waals surface area contributed by atoms with Crippen molar-refractivity contribution in [2.75, 3.05) is 0 Å². The summed E-state index contributed by atoms with van der Waals surface area (Å²) in [5.74, 6) is -3.33. The van der Waals surface area contributed by atoms with Gasteiger partial charge >= 0.3 is 6.18 Å². The van der Waals surface area contributed by atoms with Gasteiger partial charge in [-0.15, -0.1) is 0 Å². The van der Waals surface area contributed by atoms with E-state index >= 15 is 4.39 Å². The minimum absolute atomic E-state index is 0.0153. The molecular formula is C26H20F6N2. The largest absolute Gasteiger partial charge is 0.422 e. The average Bonchev–Trinajstić information content (AvgIpc) is 2.78. The van der Waals surface area contributed by atoms with Crippen LogP contribution in [0.5, 0.6) is 0 Å². The molecule has 0 aliphatic carbocycles. The van der Waals surface area contributed by atoms with Gasteiger partial charge in [0.25, 0.3) is 0 Å². The highest BCUT2D eigenvalue weighted by molar-refractivity contribution is 5.87. The molecule has 0 fully saturated rings. The van der Waals surface area contributed by atoms with Crippen molar-refractivity contribution in [3.63, 3.8) is 0 Å². The minimum Gasteiger partial charge on any atom is -0.236 e. The van der Waals surface area contributed by atoms with E-state index in [1.54, 1.807) is 42.7 Å². The molecule has 2 nitrogen and oxygen atoms in total. The number of aromatic nitrogens is 2. The summed E-state index contributed by atoms with van der Waals surface area (Å²) in [6, 6.07) is 9.67. The zero-order chi connectivity index (χ0) is 24.5. The van der Waals surface area contributed by atoms with Gasteiger partial charge in [-0.1, -0.05) is 37.6 Å². The summed E-state index contributed by atoms with van der Waals surface area (Å²) in [7, 11) is 0. The number of nitrogens with zero attached hydrogens (tertiary/aromatic N) is 2. The van der Waals surface area contributed by atoms with E-state index < -0.39 is 29.2 Å². The number of aryl methyl sites for hydroxylation is 3. The Morgan fingerprint density at radius 1 is 0.765 bits per heavy atom. The van der Waals surface area contributed by atoms with Crippen LogP contribution >= 0.6 is 0 Å². The van der Waals surface area contributed by atoms with Crippen molar-refractivity contribution in [3.8, 4) is 11.4 Å². The van der Waals surface area contributed by atoms with Crippen LogP contribution in [0.1, 0.15) is 35.6 Å². The van der Waals surface area contributed by atoms with Gasteiger partial charge in [0, 0.05) is 23.3 Å². The maximum absolute atomic E-state index is 15.1. The Kier molecular flexibility index (Phi) is 6.59. The summed E-state index contributed by atoms with van der Waals surface area (Å²) in [5.41, 5.74) is 0.157. The fraction of sp³-hybridized carbons (Fsp3) is 0.231.